The van der Waals surface area contributed by atoms with Gasteiger partial charge in [0.05, 0.1) is 26.4 Å². The molecule has 0 unspecified atom stereocenters. The normalized spacial score (nSPS) is 12.4. The molecule has 164 valence electrons. The average Bonchev–Trinajstić information content (AvgIpc) is 2.56. The molecule has 0 amide bonds. The van der Waals surface area contributed by atoms with Gasteiger partial charge in [0, 0.05) is 12.2 Å². The number of hydrogen-bond donors (Lipinski definition) is 0. The largest absolute Gasteiger partial charge is 0.522 e. The monoisotopic (exact) mass is 424 g/mol. The predicted octanol–water partition coefficient (Wildman–Crippen LogP) is 4.04. The van der Waals surface area contributed by atoms with Crippen molar-refractivity contribution < 1.29 is 54.9 Å². The van der Waals surface area contributed by atoms with Gasteiger partial charge in [0.25, 0.3) is 0 Å². The number of ether oxygens (including phenoxy) is 4. The summed E-state index contributed by atoms with van der Waals surface area (Å²) in [6.45, 7) is -0.994. The SMILES string of the molecule is O=C(/C=C\C(=O)OCCCCCOC(F)(F)F)OCCCCCOC(F)(F)F. The van der Waals surface area contributed by atoms with E-state index in [-0.39, 0.29) is 26.1 Å². The molecule has 28 heavy (non-hydrogen) atoms. The van der Waals surface area contributed by atoms with Crippen molar-refractivity contribution >= 4 is 11.9 Å². The van der Waals surface area contributed by atoms with E-state index in [1.54, 1.807) is 0 Å². The van der Waals surface area contributed by atoms with Crippen molar-refractivity contribution in [2.45, 2.75) is 51.2 Å². The van der Waals surface area contributed by atoms with E-state index in [1.165, 1.54) is 0 Å². The van der Waals surface area contributed by atoms with Crippen LogP contribution >= 0.6 is 0 Å². The lowest BCUT2D eigenvalue weighted by atomic mass is 10.2. The number of rotatable bonds is 14. The maximum absolute atomic E-state index is 11.7. The quantitative estimate of drug-likeness (QED) is 0.181. The molecule has 0 saturated heterocycles. The van der Waals surface area contributed by atoms with E-state index in [1.807, 2.05) is 0 Å². The molecule has 0 radical (unpaired) electrons. The molecule has 6 nitrogen and oxygen atoms in total. The molecule has 0 aliphatic rings. The fraction of sp³-hybridized carbons (Fsp3) is 0.750. The molecule has 0 bridgehead atoms. The molecule has 0 spiro atoms. The van der Waals surface area contributed by atoms with Crippen molar-refractivity contribution in [1.82, 2.24) is 0 Å². The van der Waals surface area contributed by atoms with Crippen molar-refractivity contribution in [2.24, 2.45) is 0 Å². The number of carbonyl (C=O) groups excluding carboxylic acids is 2. The van der Waals surface area contributed by atoms with Gasteiger partial charge in [-0.1, -0.05) is 0 Å². The highest BCUT2D eigenvalue weighted by molar-refractivity contribution is 5.91. The lowest BCUT2D eigenvalue weighted by molar-refractivity contribution is -0.325. The summed E-state index contributed by atoms with van der Waals surface area (Å²) >= 11 is 0. The third-order valence-electron chi connectivity index (χ3n) is 2.95. The van der Waals surface area contributed by atoms with Gasteiger partial charge in [0.2, 0.25) is 0 Å². The maximum atomic E-state index is 11.7. The summed E-state index contributed by atoms with van der Waals surface area (Å²) in [7, 11) is 0. The molecule has 0 fully saturated rings. The summed E-state index contributed by atoms with van der Waals surface area (Å²) in [4.78, 5) is 22.6. The molecule has 0 aromatic rings. The standard InChI is InChI=1S/C16H22F6O6/c17-15(18,19)27-11-5-1-3-9-25-13(23)7-8-14(24)26-10-4-2-6-12-28-16(20,21)22/h7-8H,1-6,9-12H2/b8-7-. The number of carbonyl (C=O) groups is 2. The number of halogens is 6. The fourth-order valence-corrected chi connectivity index (χ4v) is 1.72. The van der Waals surface area contributed by atoms with E-state index in [0.717, 1.165) is 12.2 Å². The van der Waals surface area contributed by atoms with Crippen molar-refractivity contribution in [3.8, 4) is 0 Å². The summed E-state index contributed by atoms with van der Waals surface area (Å²) in [5.41, 5.74) is 0. The van der Waals surface area contributed by atoms with Crippen LogP contribution in [-0.2, 0) is 28.5 Å². The first kappa shape index (κ1) is 26.2. The predicted molar refractivity (Wildman–Crippen MR) is 82.8 cm³/mol. The van der Waals surface area contributed by atoms with Crippen LogP contribution in [0.3, 0.4) is 0 Å². The second kappa shape index (κ2) is 14.2. The minimum Gasteiger partial charge on any atom is -0.463 e. The zero-order valence-corrected chi connectivity index (χ0v) is 14.9. The van der Waals surface area contributed by atoms with Crippen molar-refractivity contribution in [1.29, 1.82) is 0 Å². The van der Waals surface area contributed by atoms with Gasteiger partial charge < -0.3 is 9.47 Å². The number of esters is 2. The van der Waals surface area contributed by atoms with Crippen LogP contribution in [0, 0.1) is 0 Å². The minimum absolute atomic E-state index is 0.0236. The lowest BCUT2D eigenvalue weighted by Gasteiger charge is -2.07. The van der Waals surface area contributed by atoms with Crippen LogP contribution in [0.25, 0.3) is 0 Å². The van der Waals surface area contributed by atoms with Crippen LogP contribution in [0.4, 0.5) is 26.3 Å². The van der Waals surface area contributed by atoms with Crippen molar-refractivity contribution in [2.75, 3.05) is 26.4 Å². The van der Waals surface area contributed by atoms with Gasteiger partial charge in [-0.2, -0.15) is 0 Å². The van der Waals surface area contributed by atoms with Crippen LogP contribution in [0.1, 0.15) is 38.5 Å². The molecule has 0 rings (SSSR count). The van der Waals surface area contributed by atoms with E-state index in [2.05, 4.69) is 9.47 Å². The average molecular weight is 424 g/mol. The van der Waals surface area contributed by atoms with Gasteiger partial charge >= 0.3 is 24.7 Å². The summed E-state index contributed by atoms with van der Waals surface area (Å²) < 4.78 is 86.8. The van der Waals surface area contributed by atoms with Gasteiger partial charge in [-0.05, 0) is 38.5 Å². The zero-order chi connectivity index (χ0) is 21.5. The van der Waals surface area contributed by atoms with Crippen LogP contribution < -0.4 is 0 Å². The molecular weight excluding hydrogens is 402 g/mol. The first-order valence-corrected chi connectivity index (χ1v) is 8.42. The van der Waals surface area contributed by atoms with Crippen LogP contribution in [0.15, 0.2) is 12.2 Å². The lowest BCUT2D eigenvalue weighted by Crippen LogP contribution is -2.14. The number of alkyl halides is 6. The molecule has 0 saturated carbocycles. The zero-order valence-electron chi connectivity index (χ0n) is 14.9. The van der Waals surface area contributed by atoms with Crippen LogP contribution in [0.5, 0.6) is 0 Å². The Morgan fingerprint density at radius 2 is 0.893 bits per heavy atom. The Morgan fingerprint density at radius 3 is 1.21 bits per heavy atom. The molecule has 0 aromatic heterocycles. The van der Waals surface area contributed by atoms with Crippen molar-refractivity contribution in [3.05, 3.63) is 12.2 Å². The second-order valence-corrected chi connectivity index (χ2v) is 5.38. The molecular formula is C16H22F6O6. The molecule has 0 aliphatic carbocycles. The molecule has 0 N–H and O–H groups in total. The van der Waals surface area contributed by atoms with Crippen LogP contribution in [0.2, 0.25) is 0 Å². The Morgan fingerprint density at radius 1 is 0.571 bits per heavy atom. The third kappa shape index (κ3) is 20.5. The Labute approximate surface area is 157 Å². The first-order valence-electron chi connectivity index (χ1n) is 8.42. The summed E-state index contributed by atoms with van der Waals surface area (Å²) in [5, 5.41) is 0. The number of unbranched alkanes of at least 4 members (excludes halogenated alkanes) is 4. The van der Waals surface area contributed by atoms with E-state index in [4.69, 9.17) is 9.47 Å². The van der Waals surface area contributed by atoms with E-state index >= 15 is 0 Å². The van der Waals surface area contributed by atoms with Gasteiger partial charge in [0.1, 0.15) is 0 Å². The Balaban J connectivity index is 3.58. The highest BCUT2D eigenvalue weighted by atomic mass is 19.4. The topological polar surface area (TPSA) is 71.1 Å². The van der Waals surface area contributed by atoms with E-state index in [0.29, 0.717) is 25.7 Å². The Kier molecular flexibility index (Phi) is 13.3. The van der Waals surface area contributed by atoms with Gasteiger partial charge in [-0.3, -0.25) is 9.47 Å². The summed E-state index contributed by atoms with van der Waals surface area (Å²) in [6.07, 6.45) is -5.93. The van der Waals surface area contributed by atoms with E-state index in [9.17, 15) is 35.9 Å². The van der Waals surface area contributed by atoms with Gasteiger partial charge in [-0.15, -0.1) is 26.3 Å². The molecule has 0 heterocycles. The summed E-state index contributed by atoms with van der Waals surface area (Å²) in [6, 6.07) is 0. The summed E-state index contributed by atoms with van der Waals surface area (Å²) in [5.74, 6) is -1.62. The third-order valence-corrected chi connectivity index (χ3v) is 2.95. The van der Waals surface area contributed by atoms with E-state index < -0.39 is 37.9 Å². The first-order chi connectivity index (χ1) is 13.0. The smallest absolute Gasteiger partial charge is 0.463 e. The molecule has 0 atom stereocenters. The second-order valence-electron chi connectivity index (χ2n) is 5.38. The molecule has 0 aliphatic heterocycles. The van der Waals surface area contributed by atoms with Crippen molar-refractivity contribution in [3.63, 3.8) is 0 Å². The maximum Gasteiger partial charge on any atom is 0.522 e. The Hall–Kier alpha value is -1.82. The minimum atomic E-state index is -4.66. The fourth-order valence-electron chi connectivity index (χ4n) is 1.72. The van der Waals surface area contributed by atoms with Gasteiger partial charge in [-0.25, -0.2) is 9.59 Å². The highest BCUT2D eigenvalue weighted by Crippen LogP contribution is 2.17. The molecule has 12 heteroatoms. The molecule has 0 aromatic carbocycles. The Bertz CT molecular complexity index is 433. The number of hydrogen-bond acceptors (Lipinski definition) is 6. The van der Waals surface area contributed by atoms with Crippen LogP contribution in [-0.4, -0.2) is 51.1 Å². The van der Waals surface area contributed by atoms with Gasteiger partial charge in [0.15, 0.2) is 0 Å². The highest BCUT2D eigenvalue weighted by Gasteiger charge is 2.28.